The number of ether oxygens (including phenoxy) is 2. The summed E-state index contributed by atoms with van der Waals surface area (Å²) in [6.07, 6.45) is 0. The maximum absolute atomic E-state index is 5.41. The molecule has 1 rings (SSSR count). The van der Waals surface area contributed by atoms with Crippen molar-refractivity contribution in [3.05, 3.63) is 22.2 Å². The van der Waals surface area contributed by atoms with Gasteiger partial charge in [0.2, 0.25) is 0 Å². The first-order valence-electron chi connectivity index (χ1n) is 4.16. The van der Waals surface area contributed by atoms with Gasteiger partial charge in [-0.15, -0.1) is 0 Å². The van der Waals surface area contributed by atoms with Gasteiger partial charge >= 0.3 is 0 Å². The molecule has 0 aliphatic rings. The Kier molecular flexibility index (Phi) is 3.60. The molecule has 0 atom stereocenters. The minimum absolute atomic E-state index is 0.645. The van der Waals surface area contributed by atoms with Crippen LogP contribution < -0.4 is 9.47 Å². The lowest BCUT2D eigenvalue weighted by Gasteiger charge is -2.10. The lowest BCUT2D eigenvalue weighted by Crippen LogP contribution is -1.96. The largest absolute Gasteiger partial charge is 0.493 e. The van der Waals surface area contributed by atoms with Crippen LogP contribution in [-0.2, 0) is 0 Å². The molecule has 0 aromatic heterocycles. The first kappa shape index (κ1) is 10.4. The zero-order valence-corrected chi connectivity index (χ0v) is 9.64. The standard InChI is InChI=1S/C10H13BrO2/c1-4-13-10-6-8(11)7(2)5-9(10)12-3/h5-6H,4H2,1-3H3. The predicted octanol–water partition coefficient (Wildman–Crippen LogP) is 3.16. The lowest BCUT2D eigenvalue weighted by atomic mass is 10.2. The molecular weight excluding hydrogens is 232 g/mol. The van der Waals surface area contributed by atoms with Gasteiger partial charge in [-0.25, -0.2) is 0 Å². The molecule has 0 fully saturated rings. The summed E-state index contributed by atoms with van der Waals surface area (Å²) in [6, 6.07) is 3.88. The third kappa shape index (κ3) is 2.37. The topological polar surface area (TPSA) is 18.5 Å². The number of aryl methyl sites for hydroxylation is 1. The van der Waals surface area contributed by atoms with Crippen molar-refractivity contribution in [1.82, 2.24) is 0 Å². The quantitative estimate of drug-likeness (QED) is 0.814. The third-order valence-corrected chi connectivity index (χ3v) is 2.60. The normalized spacial score (nSPS) is 9.85. The first-order valence-corrected chi connectivity index (χ1v) is 4.95. The van der Waals surface area contributed by atoms with Crippen molar-refractivity contribution < 1.29 is 9.47 Å². The molecule has 0 amide bonds. The predicted molar refractivity (Wildman–Crippen MR) is 56.6 cm³/mol. The van der Waals surface area contributed by atoms with Gasteiger partial charge in [0.25, 0.3) is 0 Å². The Balaban J connectivity index is 3.09. The van der Waals surface area contributed by atoms with Crippen molar-refractivity contribution in [1.29, 1.82) is 0 Å². The smallest absolute Gasteiger partial charge is 0.162 e. The van der Waals surface area contributed by atoms with Gasteiger partial charge in [0.15, 0.2) is 11.5 Å². The minimum atomic E-state index is 0.645. The van der Waals surface area contributed by atoms with Gasteiger partial charge in [-0.1, -0.05) is 15.9 Å². The van der Waals surface area contributed by atoms with Gasteiger partial charge in [0.1, 0.15) is 0 Å². The molecule has 0 spiro atoms. The van der Waals surface area contributed by atoms with E-state index in [0.717, 1.165) is 21.5 Å². The number of halogens is 1. The minimum Gasteiger partial charge on any atom is -0.493 e. The molecular formula is C10H13BrO2. The molecule has 0 N–H and O–H groups in total. The number of methoxy groups -OCH3 is 1. The van der Waals surface area contributed by atoms with Crippen molar-refractivity contribution in [3.8, 4) is 11.5 Å². The molecule has 0 aliphatic heterocycles. The van der Waals surface area contributed by atoms with Crippen LogP contribution in [0.4, 0.5) is 0 Å². The number of benzene rings is 1. The Hall–Kier alpha value is -0.700. The first-order chi connectivity index (χ1) is 6.19. The van der Waals surface area contributed by atoms with Crippen molar-refractivity contribution in [2.75, 3.05) is 13.7 Å². The summed E-state index contributed by atoms with van der Waals surface area (Å²) >= 11 is 3.44. The number of hydrogen-bond acceptors (Lipinski definition) is 2. The van der Waals surface area contributed by atoms with Crippen molar-refractivity contribution >= 4 is 15.9 Å². The summed E-state index contributed by atoms with van der Waals surface area (Å²) in [7, 11) is 1.64. The summed E-state index contributed by atoms with van der Waals surface area (Å²) in [5, 5.41) is 0. The molecule has 1 aromatic carbocycles. The van der Waals surface area contributed by atoms with Crippen LogP contribution in [0.15, 0.2) is 16.6 Å². The monoisotopic (exact) mass is 244 g/mol. The fourth-order valence-corrected chi connectivity index (χ4v) is 1.39. The lowest BCUT2D eigenvalue weighted by molar-refractivity contribution is 0.310. The van der Waals surface area contributed by atoms with Crippen molar-refractivity contribution in [2.45, 2.75) is 13.8 Å². The third-order valence-electron chi connectivity index (χ3n) is 1.74. The molecule has 0 radical (unpaired) electrons. The maximum Gasteiger partial charge on any atom is 0.162 e. The van der Waals surface area contributed by atoms with E-state index < -0.39 is 0 Å². The molecule has 0 saturated carbocycles. The van der Waals surface area contributed by atoms with Gasteiger partial charge in [0.05, 0.1) is 13.7 Å². The van der Waals surface area contributed by atoms with E-state index in [0.29, 0.717) is 6.61 Å². The molecule has 72 valence electrons. The van der Waals surface area contributed by atoms with Gasteiger partial charge in [-0.2, -0.15) is 0 Å². The zero-order chi connectivity index (χ0) is 9.84. The van der Waals surface area contributed by atoms with E-state index in [2.05, 4.69) is 15.9 Å². The summed E-state index contributed by atoms with van der Waals surface area (Å²) in [4.78, 5) is 0. The average Bonchev–Trinajstić information content (AvgIpc) is 2.11. The molecule has 1 aromatic rings. The molecule has 3 heteroatoms. The maximum atomic E-state index is 5.41. The summed E-state index contributed by atoms with van der Waals surface area (Å²) in [6.45, 7) is 4.61. The van der Waals surface area contributed by atoms with E-state index >= 15 is 0 Å². The molecule has 0 saturated heterocycles. The van der Waals surface area contributed by atoms with Crippen LogP contribution in [0.1, 0.15) is 12.5 Å². The molecule has 0 heterocycles. The Bertz CT molecular complexity index is 297. The van der Waals surface area contributed by atoms with Crippen LogP contribution in [0.2, 0.25) is 0 Å². The Morgan fingerprint density at radius 2 is 2.00 bits per heavy atom. The van der Waals surface area contributed by atoms with Crippen LogP contribution >= 0.6 is 15.9 Å². The molecule has 13 heavy (non-hydrogen) atoms. The van der Waals surface area contributed by atoms with Crippen LogP contribution in [0.3, 0.4) is 0 Å². The average molecular weight is 245 g/mol. The van der Waals surface area contributed by atoms with Crippen LogP contribution in [-0.4, -0.2) is 13.7 Å². The highest BCUT2D eigenvalue weighted by Crippen LogP contribution is 2.32. The van der Waals surface area contributed by atoms with Gasteiger partial charge in [0, 0.05) is 4.47 Å². The highest BCUT2D eigenvalue weighted by molar-refractivity contribution is 9.10. The number of hydrogen-bond donors (Lipinski definition) is 0. The Labute approximate surface area is 87.0 Å². The summed E-state index contributed by atoms with van der Waals surface area (Å²) in [5.74, 6) is 1.56. The second-order valence-corrected chi connectivity index (χ2v) is 3.54. The fraction of sp³-hybridized carbons (Fsp3) is 0.400. The van der Waals surface area contributed by atoms with E-state index in [1.54, 1.807) is 7.11 Å². The highest BCUT2D eigenvalue weighted by Gasteiger charge is 2.06. The van der Waals surface area contributed by atoms with E-state index in [1.165, 1.54) is 0 Å². The van der Waals surface area contributed by atoms with Crippen LogP contribution in [0.5, 0.6) is 11.5 Å². The van der Waals surface area contributed by atoms with Gasteiger partial charge in [-0.05, 0) is 31.5 Å². The number of rotatable bonds is 3. The summed E-state index contributed by atoms with van der Waals surface area (Å²) < 4.78 is 11.6. The second kappa shape index (κ2) is 4.51. The molecule has 0 aliphatic carbocycles. The van der Waals surface area contributed by atoms with Crippen molar-refractivity contribution in [3.63, 3.8) is 0 Å². The van der Waals surface area contributed by atoms with E-state index in [1.807, 2.05) is 26.0 Å². The van der Waals surface area contributed by atoms with Crippen molar-refractivity contribution in [2.24, 2.45) is 0 Å². The molecule has 0 unspecified atom stereocenters. The van der Waals surface area contributed by atoms with Gasteiger partial charge in [-0.3, -0.25) is 0 Å². The molecule has 2 nitrogen and oxygen atoms in total. The van der Waals surface area contributed by atoms with E-state index in [4.69, 9.17) is 9.47 Å². The summed E-state index contributed by atoms with van der Waals surface area (Å²) in [5.41, 5.74) is 1.14. The zero-order valence-electron chi connectivity index (χ0n) is 8.06. The van der Waals surface area contributed by atoms with E-state index in [-0.39, 0.29) is 0 Å². The van der Waals surface area contributed by atoms with Crippen LogP contribution in [0.25, 0.3) is 0 Å². The molecule has 0 bridgehead atoms. The van der Waals surface area contributed by atoms with E-state index in [9.17, 15) is 0 Å². The Morgan fingerprint density at radius 3 is 2.54 bits per heavy atom. The van der Waals surface area contributed by atoms with Crippen LogP contribution in [0, 0.1) is 6.92 Å². The fourth-order valence-electron chi connectivity index (χ4n) is 1.06. The SMILES string of the molecule is CCOc1cc(Br)c(C)cc1OC. The highest BCUT2D eigenvalue weighted by atomic mass is 79.9. The Morgan fingerprint density at radius 1 is 1.31 bits per heavy atom. The second-order valence-electron chi connectivity index (χ2n) is 2.69. The van der Waals surface area contributed by atoms with Gasteiger partial charge < -0.3 is 9.47 Å².